The molecule has 0 spiro atoms. The summed E-state index contributed by atoms with van der Waals surface area (Å²) in [5, 5.41) is 10.3. The van der Waals surface area contributed by atoms with Crippen LogP contribution in [0.5, 0.6) is 5.88 Å². The van der Waals surface area contributed by atoms with Gasteiger partial charge in [0.05, 0.1) is 0 Å². The lowest BCUT2D eigenvalue weighted by Gasteiger charge is -2.01. The fourth-order valence-corrected chi connectivity index (χ4v) is 2.74. The van der Waals surface area contributed by atoms with E-state index in [0.717, 1.165) is 11.1 Å². The number of hydrogen-bond acceptors (Lipinski definition) is 3. The minimum absolute atomic E-state index is 0.101. The van der Waals surface area contributed by atoms with Gasteiger partial charge >= 0.3 is 0 Å². The van der Waals surface area contributed by atoms with Crippen LogP contribution in [0.15, 0.2) is 66.9 Å². The number of benzene rings is 2. The maximum Gasteiger partial charge on any atom is 0.219 e. The van der Waals surface area contributed by atoms with Crippen molar-refractivity contribution in [2.45, 2.75) is 6.92 Å². The Hall–Kier alpha value is -3.84. The number of aryl methyl sites for hydroxylation is 1. The molecule has 0 aliphatic heterocycles. The van der Waals surface area contributed by atoms with Crippen LogP contribution >= 0.6 is 0 Å². The Balaban J connectivity index is 1.81. The van der Waals surface area contributed by atoms with E-state index in [9.17, 15) is 5.11 Å². The van der Waals surface area contributed by atoms with Crippen molar-refractivity contribution in [1.29, 1.82) is 0 Å². The van der Waals surface area contributed by atoms with Gasteiger partial charge in [-0.05, 0) is 36.6 Å². The predicted molar refractivity (Wildman–Crippen MR) is 107 cm³/mol. The van der Waals surface area contributed by atoms with Crippen LogP contribution in [0.25, 0.3) is 17.8 Å². The Bertz CT molecular complexity index is 1180. The average molecular weight is 351 g/mol. The normalized spacial score (nSPS) is 10.9. The molecule has 2 aromatic carbocycles. The molecule has 4 nitrogen and oxygen atoms in total. The van der Waals surface area contributed by atoms with Gasteiger partial charge in [-0.1, -0.05) is 60.5 Å². The van der Waals surface area contributed by atoms with E-state index in [1.54, 1.807) is 17.5 Å². The zero-order valence-electron chi connectivity index (χ0n) is 14.8. The van der Waals surface area contributed by atoms with Crippen molar-refractivity contribution in [2.24, 2.45) is 0 Å². The van der Waals surface area contributed by atoms with Gasteiger partial charge < -0.3 is 5.11 Å². The Morgan fingerprint density at radius 1 is 0.889 bits per heavy atom. The van der Waals surface area contributed by atoms with Crippen molar-refractivity contribution in [3.8, 4) is 17.7 Å². The molecule has 0 saturated carbocycles. The molecule has 0 aliphatic carbocycles. The summed E-state index contributed by atoms with van der Waals surface area (Å²) in [6, 6.07) is 19.7. The second kappa shape index (κ2) is 7.19. The third-order valence-electron chi connectivity index (χ3n) is 4.12. The van der Waals surface area contributed by atoms with Gasteiger partial charge in [0.15, 0.2) is 5.65 Å². The molecule has 0 unspecified atom stereocenters. The maximum atomic E-state index is 10.3. The van der Waals surface area contributed by atoms with E-state index < -0.39 is 0 Å². The summed E-state index contributed by atoms with van der Waals surface area (Å²) in [7, 11) is 0. The number of hydrogen-bond donors (Lipinski definition) is 1. The van der Waals surface area contributed by atoms with E-state index in [1.807, 2.05) is 72.8 Å². The van der Waals surface area contributed by atoms with Crippen molar-refractivity contribution in [2.75, 3.05) is 0 Å². The molecule has 0 bridgehead atoms. The fourth-order valence-electron chi connectivity index (χ4n) is 2.74. The topological polar surface area (TPSA) is 50.4 Å². The largest absolute Gasteiger partial charge is 0.493 e. The van der Waals surface area contributed by atoms with Gasteiger partial charge in [-0.25, -0.2) is 9.97 Å². The zero-order chi connectivity index (χ0) is 18.6. The Morgan fingerprint density at radius 2 is 1.59 bits per heavy atom. The highest BCUT2D eigenvalue weighted by Gasteiger charge is 2.12. The van der Waals surface area contributed by atoms with Crippen LogP contribution < -0.4 is 0 Å². The number of rotatable bonds is 2. The minimum Gasteiger partial charge on any atom is -0.493 e. The first-order valence-corrected chi connectivity index (χ1v) is 8.59. The Kier molecular flexibility index (Phi) is 4.42. The van der Waals surface area contributed by atoms with E-state index in [0.29, 0.717) is 22.7 Å². The second-order valence-electron chi connectivity index (χ2n) is 6.09. The standard InChI is InChI=1S/C23H17N3O/c1-17-23(27)26-16-20(14-12-18-8-4-2-5-9-18)25-21(22(26)24-17)15-13-19-10-6-3-7-11-19/h2-11,13,15-16,27H,1H3/b15-13+. The van der Waals surface area contributed by atoms with E-state index in [-0.39, 0.29) is 5.88 Å². The molecule has 0 fully saturated rings. The van der Waals surface area contributed by atoms with Gasteiger partial charge in [0, 0.05) is 11.8 Å². The van der Waals surface area contributed by atoms with Gasteiger partial charge in [-0.15, -0.1) is 0 Å². The van der Waals surface area contributed by atoms with Crippen molar-refractivity contribution < 1.29 is 5.11 Å². The molecule has 27 heavy (non-hydrogen) atoms. The maximum absolute atomic E-state index is 10.3. The average Bonchev–Trinajstić information content (AvgIpc) is 3.00. The first-order valence-electron chi connectivity index (χ1n) is 8.59. The number of fused-ring (bicyclic) bond motifs is 1. The van der Waals surface area contributed by atoms with E-state index in [1.165, 1.54) is 0 Å². The molecule has 0 radical (unpaired) electrons. The van der Waals surface area contributed by atoms with Crippen LogP contribution in [-0.4, -0.2) is 19.5 Å². The third-order valence-corrected chi connectivity index (χ3v) is 4.12. The van der Waals surface area contributed by atoms with Gasteiger partial charge in [0.2, 0.25) is 5.88 Å². The van der Waals surface area contributed by atoms with Crippen LogP contribution in [0.1, 0.15) is 28.2 Å². The molecular weight excluding hydrogens is 334 g/mol. The van der Waals surface area contributed by atoms with Gasteiger partial charge in [0.25, 0.3) is 0 Å². The number of imidazole rings is 1. The van der Waals surface area contributed by atoms with Crippen molar-refractivity contribution >= 4 is 17.8 Å². The summed E-state index contributed by atoms with van der Waals surface area (Å²) in [4.78, 5) is 9.07. The molecule has 0 amide bonds. The lowest BCUT2D eigenvalue weighted by atomic mass is 10.2. The quantitative estimate of drug-likeness (QED) is 0.548. The summed E-state index contributed by atoms with van der Waals surface area (Å²) in [6.07, 6.45) is 5.57. The predicted octanol–water partition coefficient (Wildman–Crippen LogP) is 4.31. The summed E-state index contributed by atoms with van der Waals surface area (Å²) < 4.78 is 1.63. The van der Waals surface area contributed by atoms with Gasteiger partial charge in [0.1, 0.15) is 17.1 Å². The first-order chi connectivity index (χ1) is 13.2. The van der Waals surface area contributed by atoms with E-state index in [4.69, 9.17) is 0 Å². The monoisotopic (exact) mass is 351 g/mol. The summed E-state index contributed by atoms with van der Waals surface area (Å²) >= 11 is 0. The molecule has 2 aromatic heterocycles. The molecule has 0 aliphatic rings. The lowest BCUT2D eigenvalue weighted by molar-refractivity contribution is 0.444. The summed E-state index contributed by atoms with van der Waals surface area (Å²) in [5.74, 6) is 6.28. The highest BCUT2D eigenvalue weighted by molar-refractivity contribution is 5.75. The van der Waals surface area contributed by atoms with Crippen LogP contribution in [0.2, 0.25) is 0 Å². The SMILES string of the molecule is Cc1nc2c(/C=C/c3ccccc3)nc(C#Cc3ccccc3)cn2c1O. The lowest BCUT2D eigenvalue weighted by Crippen LogP contribution is -1.96. The van der Waals surface area contributed by atoms with Crippen molar-refractivity contribution in [3.05, 3.63) is 95.1 Å². The minimum atomic E-state index is 0.101. The number of aromatic nitrogens is 3. The summed E-state index contributed by atoms with van der Waals surface area (Å²) in [5.41, 5.74) is 4.34. The molecule has 2 heterocycles. The zero-order valence-corrected chi connectivity index (χ0v) is 14.8. The highest BCUT2D eigenvalue weighted by Crippen LogP contribution is 2.22. The van der Waals surface area contributed by atoms with E-state index in [2.05, 4.69) is 21.8 Å². The van der Waals surface area contributed by atoms with E-state index >= 15 is 0 Å². The molecule has 130 valence electrons. The van der Waals surface area contributed by atoms with Gasteiger partial charge in [-0.2, -0.15) is 0 Å². The molecule has 4 aromatic rings. The Morgan fingerprint density at radius 3 is 2.33 bits per heavy atom. The van der Waals surface area contributed by atoms with Crippen molar-refractivity contribution in [1.82, 2.24) is 14.4 Å². The van der Waals surface area contributed by atoms with Gasteiger partial charge in [-0.3, -0.25) is 4.40 Å². The van der Waals surface area contributed by atoms with Crippen LogP contribution in [0, 0.1) is 18.8 Å². The van der Waals surface area contributed by atoms with Crippen molar-refractivity contribution in [3.63, 3.8) is 0 Å². The number of aromatic hydroxyl groups is 1. The second-order valence-corrected chi connectivity index (χ2v) is 6.09. The van der Waals surface area contributed by atoms with Crippen LogP contribution in [-0.2, 0) is 0 Å². The molecular formula is C23H17N3O. The third kappa shape index (κ3) is 3.58. The molecule has 0 atom stereocenters. The first kappa shape index (κ1) is 16.6. The fraction of sp³-hybridized carbons (Fsp3) is 0.0435. The Labute approximate surface area is 157 Å². The summed E-state index contributed by atoms with van der Waals surface area (Å²) in [6.45, 7) is 1.77. The molecule has 1 N–H and O–H groups in total. The highest BCUT2D eigenvalue weighted by atomic mass is 16.3. The molecule has 4 heteroatoms. The van der Waals surface area contributed by atoms with Crippen LogP contribution in [0.3, 0.4) is 0 Å². The smallest absolute Gasteiger partial charge is 0.219 e. The molecule has 0 saturated heterocycles. The van der Waals surface area contributed by atoms with Crippen LogP contribution in [0.4, 0.5) is 0 Å². The number of nitrogens with zero attached hydrogens (tertiary/aromatic N) is 3. The molecule has 4 rings (SSSR count).